The van der Waals surface area contributed by atoms with Crippen molar-refractivity contribution in [3.63, 3.8) is 0 Å². The lowest BCUT2D eigenvalue weighted by Gasteiger charge is -2.18. The Hall–Kier alpha value is 0.1000. The van der Waals surface area contributed by atoms with Crippen LogP contribution >= 0.6 is 27.3 Å². The molecule has 0 radical (unpaired) electrons. The molecule has 2 nitrogen and oxygen atoms in total. The van der Waals surface area contributed by atoms with E-state index in [1.807, 2.05) is 0 Å². The molecule has 2 rings (SSSR count). The third-order valence-electron chi connectivity index (χ3n) is 2.61. The van der Waals surface area contributed by atoms with Crippen LogP contribution in [0.4, 0.5) is 0 Å². The molecule has 1 aromatic heterocycles. The normalized spacial score (nSPS) is 20.1. The Bertz CT molecular complexity index is 294. The molecule has 1 saturated heterocycles. The zero-order valence-corrected chi connectivity index (χ0v) is 10.5. The molecule has 2 heterocycles. The zero-order chi connectivity index (χ0) is 9.97. The lowest BCUT2D eigenvalue weighted by Crippen LogP contribution is -2.29. The molecule has 1 aliphatic rings. The topological polar surface area (TPSA) is 29.3 Å². The maximum atomic E-state index is 6.14. The highest BCUT2D eigenvalue weighted by Gasteiger charge is 2.16. The molecule has 1 aromatic rings. The van der Waals surface area contributed by atoms with Crippen LogP contribution < -0.4 is 5.73 Å². The number of nitrogens with two attached hydrogens (primary N) is 1. The molecule has 2 N–H and O–H groups in total. The highest BCUT2D eigenvalue weighted by molar-refractivity contribution is 9.11. The largest absolute Gasteiger partial charge is 0.322 e. The number of likely N-dealkylation sites (tertiary alicyclic amines) is 1. The van der Waals surface area contributed by atoms with Gasteiger partial charge in [-0.25, -0.2) is 0 Å². The number of hydrogen-bond donors (Lipinski definition) is 1. The first-order chi connectivity index (χ1) is 6.75. The van der Waals surface area contributed by atoms with Gasteiger partial charge in [0.25, 0.3) is 0 Å². The molecule has 0 aliphatic carbocycles. The summed E-state index contributed by atoms with van der Waals surface area (Å²) in [6.45, 7) is 3.45. The van der Waals surface area contributed by atoms with Crippen LogP contribution in [-0.4, -0.2) is 24.5 Å². The van der Waals surface area contributed by atoms with Crippen LogP contribution in [0.3, 0.4) is 0 Å². The third kappa shape index (κ3) is 2.57. The predicted octanol–water partition coefficient (Wildman–Crippen LogP) is 2.61. The fraction of sp³-hybridized carbons (Fsp3) is 0.600. The van der Waals surface area contributed by atoms with E-state index in [1.54, 1.807) is 11.3 Å². The SMILES string of the molecule is NC(CN1CCCC1)c1ccc(Br)s1. The summed E-state index contributed by atoms with van der Waals surface area (Å²) in [6, 6.07) is 4.38. The van der Waals surface area contributed by atoms with Gasteiger partial charge in [0, 0.05) is 11.4 Å². The first-order valence-corrected chi connectivity index (χ1v) is 6.60. The Balaban J connectivity index is 1.91. The Labute approximate surface area is 97.2 Å². The summed E-state index contributed by atoms with van der Waals surface area (Å²) in [7, 11) is 0. The van der Waals surface area contributed by atoms with Crippen LogP contribution in [0.5, 0.6) is 0 Å². The highest BCUT2D eigenvalue weighted by atomic mass is 79.9. The van der Waals surface area contributed by atoms with Gasteiger partial charge < -0.3 is 10.6 Å². The lowest BCUT2D eigenvalue weighted by atomic mass is 10.2. The fourth-order valence-electron chi connectivity index (χ4n) is 1.86. The van der Waals surface area contributed by atoms with Gasteiger partial charge in [-0.3, -0.25) is 0 Å². The van der Waals surface area contributed by atoms with Gasteiger partial charge in [-0.15, -0.1) is 11.3 Å². The first kappa shape index (κ1) is 10.6. The fourth-order valence-corrected chi connectivity index (χ4v) is 3.28. The van der Waals surface area contributed by atoms with Crippen LogP contribution in [-0.2, 0) is 0 Å². The van der Waals surface area contributed by atoms with Crippen LogP contribution in [0.25, 0.3) is 0 Å². The Morgan fingerprint density at radius 2 is 2.14 bits per heavy atom. The molecule has 0 spiro atoms. The van der Waals surface area contributed by atoms with Crippen LogP contribution in [0.1, 0.15) is 23.8 Å². The van der Waals surface area contributed by atoms with Gasteiger partial charge in [0.15, 0.2) is 0 Å². The van der Waals surface area contributed by atoms with Crippen molar-refractivity contribution in [1.29, 1.82) is 0 Å². The molecule has 4 heteroatoms. The average molecular weight is 275 g/mol. The second-order valence-electron chi connectivity index (χ2n) is 3.76. The molecule has 1 aliphatic heterocycles. The standard InChI is InChI=1S/C10H15BrN2S/c11-10-4-3-9(14-10)8(12)7-13-5-1-2-6-13/h3-4,8H,1-2,5-7,12H2. The van der Waals surface area contributed by atoms with E-state index >= 15 is 0 Å². The van der Waals surface area contributed by atoms with E-state index in [0.29, 0.717) is 0 Å². The van der Waals surface area contributed by atoms with E-state index in [1.165, 1.54) is 34.6 Å². The summed E-state index contributed by atoms with van der Waals surface area (Å²) < 4.78 is 1.17. The van der Waals surface area contributed by atoms with Gasteiger partial charge >= 0.3 is 0 Å². The van der Waals surface area contributed by atoms with Gasteiger partial charge in [0.2, 0.25) is 0 Å². The molecule has 1 atom stereocenters. The van der Waals surface area contributed by atoms with Crippen LogP contribution in [0, 0.1) is 0 Å². The second kappa shape index (κ2) is 4.75. The Morgan fingerprint density at radius 1 is 1.43 bits per heavy atom. The minimum Gasteiger partial charge on any atom is -0.322 e. The van der Waals surface area contributed by atoms with Crippen LogP contribution in [0.2, 0.25) is 0 Å². The van der Waals surface area contributed by atoms with Crippen molar-refractivity contribution >= 4 is 27.3 Å². The summed E-state index contributed by atoms with van der Waals surface area (Å²) in [6.07, 6.45) is 2.67. The van der Waals surface area contributed by atoms with Crippen molar-refractivity contribution in [2.45, 2.75) is 18.9 Å². The van der Waals surface area contributed by atoms with E-state index in [0.717, 1.165) is 6.54 Å². The number of rotatable bonds is 3. The molecule has 14 heavy (non-hydrogen) atoms. The highest BCUT2D eigenvalue weighted by Crippen LogP contribution is 2.27. The minimum absolute atomic E-state index is 0.185. The van der Waals surface area contributed by atoms with Crippen molar-refractivity contribution in [1.82, 2.24) is 4.90 Å². The summed E-state index contributed by atoms with van der Waals surface area (Å²) >= 11 is 5.21. The third-order valence-corrected chi connectivity index (χ3v) is 4.37. The summed E-state index contributed by atoms with van der Waals surface area (Å²) in [5, 5.41) is 0. The smallest absolute Gasteiger partial charge is 0.0701 e. The quantitative estimate of drug-likeness (QED) is 0.918. The summed E-state index contributed by atoms with van der Waals surface area (Å²) in [5.41, 5.74) is 6.14. The molecular weight excluding hydrogens is 260 g/mol. The Morgan fingerprint density at radius 3 is 2.71 bits per heavy atom. The van der Waals surface area contributed by atoms with Crippen molar-refractivity contribution in [2.75, 3.05) is 19.6 Å². The average Bonchev–Trinajstić information content (AvgIpc) is 2.75. The molecule has 0 saturated carbocycles. The molecule has 78 valence electrons. The molecule has 0 aromatic carbocycles. The molecule has 1 unspecified atom stereocenters. The van der Waals surface area contributed by atoms with E-state index in [-0.39, 0.29) is 6.04 Å². The Kier molecular flexibility index (Phi) is 3.60. The maximum absolute atomic E-state index is 6.14. The van der Waals surface area contributed by atoms with E-state index in [9.17, 15) is 0 Å². The molecule has 0 bridgehead atoms. The van der Waals surface area contributed by atoms with Crippen molar-refractivity contribution in [3.05, 3.63) is 20.8 Å². The first-order valence-electron chi connectivity index (χ1n) is 4.99. The van der Waals surface area contributed by atoms with Gasteiger partial charge in [-0.2, -0.15) is 0 Å². The van der Waals surface area contributed by atoms with E-state index < -0.39 is 0 Å². The number of nitrogens with zero attached hydrogens (tertiary/aromatic N) is 1. The molecule has 1 fully saturated rings. The number of halogens is 1. The minimum atomic E-state index is 0.185. The van der Waals surface area contributed by atoms with Gasteiger partial charge in [-0.05, 0) is 54.0 Å². The van der Waals surface area contributed by atoms with E-state index in [2.05, 4.69) is 33.0 Å². The van der Waals surface area contributed by atoms with Crippen LogP contribution in [0.15, 0.2) is 15.9 Å². The van der Waals surface area contributed by atoms with Crippen molar-refractivity contribution in [3.8, 4) is 0 Å². The lowest BCUT2D eigenvalue weighted by molar-refractivity contribution is 0.317. The van der Waals surface area contributed by atoms with Crippen molar-refractivity contribution in [2.24, 2.45) is 5.73 Å². The second-order valence-corrected chi connectivity index (χ2v) is 6.25. The number of hydrogen-bond acceptors (Lipinski definition) is 3. The molecule has 0 amide bonds. The summed E-state index contributed by atoms with van der Waals surface area (Å²) in [5.74, 6) is 0. The predicted molar refractivity (Wildman–Crippen MR) is 64.6 cm³/mol. The van der Waals surface area contributed by atoms with E-state index in [4.69, 9.17) is 5.73 Å². The van der Waals surface area contributed by atoms with Gasteiger partial charge in [0.1, 0.15) is 0 Å². The zero-order valence-electron chi connectivity index (χ0n) is 8.08. The summed E-state index contributed by atoms with van der Waals surface area (Å²) in [4.78, 5) is 3.74. The number of thiophene rings is 1. The van der Waals surface area contributed by atoms with Crippen molar-refractivity contribution < 1.29 is 0 Å². The monoisotopic (exact) mass is 274 g/mol. The van der Waals surface area contributed by atoms with Gasteiger partial charge in [0.05, 0.1) is 9.83 Å². The molecular formula is C10H15BrN2S. The maximum Gasteiger partial charge on any atom is 0.0701 e. The van der Waals surface area contributed by atoms with Gasteiger partial charge in [-0.1, -0.05) is 0 Å².